The molecule has 0 aromatic heterocycles. The molecule has 0 atom stereocenters. The minimum Gasteiger partial charge on any atom is -0.338 e. The van der Waals surface area contributed by atoms with Crippen molar-refractivity contribution in [2.45, 2.75) is 89.9 Å². The molecule has 0 saturated heterocycles. The first-order valence-electron chi connectivity index (χ1n) is 11.8. The Hall–Kier alpha value is -2.90. The average molecular weight is 447 g/mol. The molecule has 0 spiro atoms. The third-order valence-corrected chi connectivity index (χ3v) is 4.94. The van der Waals surface area contributed by atoms with Gasteiger partial charge in [0.25, 0.3) is 0 Å². The highest BCUT2D eigenvalue weighted by molar-refractivity contribution is 5.93. The Balaban J connectivity index is 4.30. The number of carbonyl (C=O) groups excluding carboxylic acids is 3. The predicted octanol–water partition coefficient (Wildman–Crippen LogP) is 4.55. The smallest absolute Gasteiger partial charge is 0.325 e. The minimum atomic E-state index is -0.390. The summed E-state index contributed by atoms with van der Waals surface area (Å²) in [6.45, 7) is 1.81. The highest BCUT2D eigenvalue weighted by Crippen LogP contribution is 2.06. The number of hydrogen-bond acceptors (Lipinski definition) is 6. The van der Waals surface area contributed by atoms with Crippen LogP contribution in [0.25, 0.3) is 0 Å². The molecule has 0 aliphatic carbocycles. The van der Waals surface area contributed by atoms with Crippen LogP contribution in [0.5, 0.6) is 0 Å². The molecule has 0 bridgehead atoms. The number of nitriles is 2. The number of nitrogens with one attached hydrogen (secondary N) is 2. The van der Waals surface area contributed by atoms with E-state index in [1.165, 1.54) is 11.0 Å². The van der Waals surface area contributed by atoms with Crippen molar-refractivity contribution in [3.05, 3.63) is 0 Å². The van der Waals surface area contributed by atoms with E-state index in [-0.39, 0.29) is 12.1 Å². The average Bonchev–Trinajstić information content (AvgIpc) is 2.79. The molecule has 0 aromatic rings. The fourth-order valence-corrected chi connectivity index (χ4v) is 3.10. The maximum absolute atomic E-state index is 12.6. The van der Waals surface area contributed by atoms with E-state index in [1.807, 2.05) is 0 Å². The zero-order valence-corrected chi connectivity index (χ0v) is 19.2. The second-order valence-electron chi connectivity index (χ2n) is 7.65. The van der Waals surface area contributed by atoms with Crippen LogP contribution in [-0.4, -0.2) is 49.2 Å². The normalized spacial score (nSPS) is 9.81. The molecule has 2 N–H and O–H groups in total. The van der Waals surface area contributed by atoms with E-state index < -0.39 is 0 Å². The summed E-state index contributed by atoms with van der Waals surface area (Å²) in [6, 6.07) is 3.46. The van der Waals surface area contributed by atoms with Gasteiger partial charge in [0.1, 0.15) is 0 Å². The number of amides is 4. The second-order valence-corrected chi connectivity index (χ2v) is 7.65. The summed E-state index contributed by atoms with van der Waals surface area (Å²) in [4.78, 5) is 39.9. The van der Waals surface area contributed by atoms with Gasteiger partial charge in [0.05, 0.1) is 18.7 Å². The Morgan fingerprint density at radius 3 is 1.66 bits per heavy atom. The predicted molar refractivity (Wildman–Crippen MR) is 122 cm³/mol. The lowest BCUT2D eigenvalue weighted by Crippen LogP contribution is -2.49. The van der Waals surface area contributed by atoms with Gasteiger partial charge in [-0.25, -0.2) is 24.3 Å². The fourth-order valence-electron chi connectivity index (χ4n) is 3.10. The lowest BCUT2D eigenvalue weighted by Gasteiger charge is -2.22. The number of aliphatic imine (C=N–C) groups is 1. The molecule has 0 radical (unpaired) electrons. The van der Waals surface area contributed by atoms with E-state index in [0.29, 0.717) is 45.4 Å². The zero-order valence-electron chi connectivity index (χ0n) is 19.2. The molecule has 9 heteroatoms. The van der Waals surface area contributed by atoms with E-state index in [1.54, 1.807) is 0 Å². The summed E-state index contributed by atoms with van der Waals surface area (Å²) < 4.78 is 0. The number of unbranched alkanes of at least 4 members (excludes halogenated alkanes) is 11. The first-order valence-corrected chi connectivity index (χ1v) is 11.8. The summed E-state index contributed by atoms with van der Waals surface area (Å²) in [7, 11) is 0. The van der Waals surface area contributed by atoms with Crippen molar-refractivity contribution in [1.29, 1.82) is 10.5 Å². The molecule has 0 aliphatic heterocycles. The van der Waals surface area contributed by atoms with Crippen molar-refractivity contribution >= 4 is 18.1 Å². The molecule has 0 saturated carbocycles. The van der Waals surface area contributed by atoms with E-state index in [9.17, 15) is 14.4 Å². The monoisotopic (exact) mass is 446 g/mol. The highest BCUT2D eigenvalue weighted by Gasteiger charge is 2.20. The van der Waals surface area contributed by atoms with Gasteiger partial charge in [0.15, 0.2) is 0 Å². The topological polar surface area (TPSA) is 138 Å². The van der Waals surface area contributed by atoms with Crippen LogP contribution in [0.2, 0.25) is 0 Å². The highest BCUT2D eigenvalue weighted by atomic mass is 16.2. The molecule has 9 nitrogen and oxygen atoms in total. The maximum Gasteiger partial charge on any atom is 0.325 e. The molecule has 0 heterocycles. The Morgan fingerprint density at radius 1 is 0.688 bits per heavy atom. The first-order chi connectivity index (χ1) is 15.7. The van der Waals surface area contributed by atoms with Crippen LogP contribution in [0.4, 0.5) is 9.59 Å². The fraction of sp³-hybridized carbons (Fsp3) is 0.783. The molecule has 0 fully saturated rings. The van der Waals surface area contributed by atoms with E-state index >= 15 is 0 Å². The SMILES string of the molecule is N#CCCCCCCNC(=O)N(CCCCCCC#N)C(=O)NCCCCCCN=C=O. The Bertz CT molecular complexity index is 635. The number of carbonyl (C=O) groups is 2. The van der Waals surface area contributed by atoms with Crippen molar-refractivity contribution in [2.24, 2.45) is 4.99 Å². The summed E-state index contributed by atoms with van der Waals surface area (Å²) in [5.74, 6) is 0. The third-order valence-electron chi connectivity index (χ3n) is 4.94. The van der Waals surface area contributed by atoms with Gasteiger partial charge in [-0.2, -0.15) is 10.5 Å². The van der Waals surface area contributed by atoms with Crippen LogP contribution in [0.15, 0.2) is 4.99 Å². The number of nitrogens with zero attached hydrogens (tertiary/aromatic N) is 4. The molecule has 0 aliphatic rings. The van der Waals surface area contributed by atoms with Crippen molar-refractivity contribution in [3.63, 3.8) is 0 Å². The van der Waals surface area contributed by atoms with Gasteiger partial charge in [-0.1, -0.05) is 38.5 Å². The van der Waals surface area contributed by atoms with Crippen LogP contribution in [0.3, 0.4) is 0 Å². The largest absolute Gasteiger partial charge is 0.338 e. The quantitative estimate of drug-likeness (QED) is 0.170. The molecule has 178 valence electrons. The number of isocyanates is 1. The number of urea groups is 2. The zero-order chi connectivity index (χ0) is 23.7. The molecule has 0 aromatic carbocycles. The third kappa shape index (κ3) is 17.9. The lowest BCUT2D eigenvalue weighted by molar-refractivity contribution is 0.184. The number of imide groups is 1. The van der Waals surface area contributed by atoms with Crippen LogP contribution >= 0.6 is 0 Å². The van der Waals surface area contributed by atoms with E-state index in [0.717, 1.165) is 70.6 Å². The van der Waals surface area contributed by atoms with Crippen LogP contribution in [-0.2, 0) is 4.79 Å². The van der Waals surface area contributed by atoms with Crippen LogP contribution in [0.1, 0.15) is 89.9 Å². The van der Waals surface area contributed by atoms with Crippen molar-refractivity contribution < 1.29 is 14.4 Å². The van der Waals surface area contributed by atoms with Crippen LogP contribution in [0, 0.1) is 22.7 Å². The van der Waals surface area contributed by atoms with Crippen molar-refractivity contribution in [2.75, 3.05) is 26.2 Å². The number of rotatable bonds is 19. The summed E-state index contributed by atoms with van der Waals surface area (Å²) >= 11 is 0. The van der Waals surface area contributed by atoms with Gasteiger partial charge in [0.2, 0.25) is 6.08 Å². The lowest BCUT2D eigenvalue weighted by atomic mass is 10.1. The molecule has 4 amide bonds. The van der Waals surface area contributed by atoms with Crippen LogP contribution < -0.4 is 10.6 Å². The van der Waals surface area contributed by atoms with Gasteiger partial charge in [-0.05, 0) is 38.5 Å². The number of hydrogen-bond donors (Lipinski definition) is 2. The Morgan fingerprint density at radius 2 is 1.16 bits per heavy atom. The Kier molecular flexibility index (Phi) is 20.7. The van der Waals surface area contributed by atoms with Gasteiger partial charge in [0, 0.05) is 32.5 Å². The van der Waals surface area contributed by atoms with Crippen molar-refractivity contribution in [1.82, 2.24) is 15.5 Å². The van der Waals surface area contributed by atoms with Gasteiger partial charge >= 0.3 is 12.1 Å². The van der Waals surface area contributed by atoms with Gasteiger partial charge in [-0.3, -0.25) is 0 Å². The molecular formula is C23H38N6O3. The molecule has 0 rings (SSSR count). The molecular weight excluding hydrogens is 408 g/mol. The van der Waals surface area contributed by atoms with E-state index in [2.05, 4.69) is 27.8 Å². The maximum atomic E-state index is 12.6. The summed E-state index contributed by atoms with van der Waals surface area (Å²) in [5.41, 5.74) is 0. The second kappa shape index (κ2) is 22.8. The standard InChI is InChI=1S/C23H38N6O3/c24-15-9-3-1-5-12-18-27-22(31)29(20-14-8-2-4-10-16-25)23(32)28-19-13-7-6-11-17-26-21-30/h1-14,17-20H2,(H,27,31)(H,28,32). The summed E-state index contributed by atoms with van der Waals surface area (Å²) in [6.07, 6.45) is 12.9. The van der Waals surface area contributed by atoms with Gasteiger partial charge in [-0.15, -0.1) is 0 Å². The van der Waals surface area contributed by atoms with E-state index in [4.69, 9.17) is 10.5 Å². The first kappa shape index (κ1) is 29.1. The summed E-state index contributed by atoms with van der Waals surface area (Å²) in [5, 5.41) is 22.8. The molecule has 0 unspecified atom stereocenters. The minimum absolute atomic E-state index is 0.343. The Labute approximate surface area is 192 Å². The molecule has 32 heavy (non-hydrogen) atoms. The van der Waals surface area contributed by atoms with Crippen molar-refractivity contribution in [3.8, 4) is 12.1 Å². The van der Waals surface area contributed by atoms with Gasteiger partial charge < -0.3 is 10.6 Å².